The van der Waals surface area contributed by atoms with Crippen molar-refractivity contribution in [1.29, 1.82) is 0 Å². The monoisotopic (exact) mass is 329 g/mol. The first-order valence-corrected chi connectivity index (χ1v) is 7.45. The number of hydrogen-bond acceptors (Lipinski definition) is 5. The summed E-state index contributed by atoms with van der Waals surface area (Å²) in [6.45, 7) is 4.55. The SMILES string of the molecule is CCNCc1coc(N(C)Cc2csc(Br)c2)n1. The van der Waals surface area contributed by atoms with Crippen molar-refractivity contribution in [2.75, 3.05) is 18.5 Å². The summed E-state index contributed by atoms with van der Waals surface area (Å²) in [5, 5.41) is 5.35. The number of rotatable bonds is 6. The van der Waals surface area contributed by atoms with Gasteiger partial charge >= 0.3 is 0 Å². The summed E-state index contributed by atoms with van der Waals surface area (Å²) in [7, 11) is 1.98. The summed E-state index contributed by atoms with van der Waals surface area (Å²) < 4.78 is 6.61. The van der Waals surface area contributed by atoms with Gasteiger partial charge in [-0.1, -0.05) is 6.92 Å². The Kier molecular flexibility index (Phi) is 4.79. The molecule has 2 heterocycles. The third kappa shape index (κ3) is 3.57. The molecular weight excluding hydrogens is 314 g/mol. The molecule has 0 spiro atoms. The van der Waals surface area contributed by atoms with Crippen LogP contribution in [0.2, 0.25) is 0 Å². The zero-order chi connectivity index (χ0) is 13.0. The smallest absolute Gasteiger partial charge is 0.297 e. The average Bonchev–Trinajstić information content (AvgIpc) is 2.96. The fourth-order valence-electron chi connectivity index (χ4n) is 1.58. The molecule has 4 nitrogen and oxygen atoms in total. The Morgan fingerprint density at radius 2 is 2.39 bits per heavy atom. The van der Waals surface area contributed by atoms with Gasteiger partial charge in [0.1, 0.15) is 6.26 Å². The standard InChI is InChI=1S/C12H16BrN3OS/c1-3-14-5-10-7-17-12(15-10)16(2)6-9-4-11(13)18-8-9/h4,7-8,14H,3,5-6H2,1-2H3. The lowest BCUT2D eigenvalue weighted by molar-refractivity contribution is 0.543. The molecule has 0 aliphatic rings. The van der Waals surface area contributed by atoms with Gasteiger partial charge in [-0.05, 0) is 39.5 Å². The van der Waals surface area contributed by atoms with E-state index in [-0.39, 0.29) is 0 Å². The lowest BCUT2D eigenvalue weighted by Gasteiger charge is -2.12. The average molecular weight is 330 g/mol. The van der Waals surface area contributed by atoms with E-state index in [1.54, 1.807) is 17.6 Å². The highest BCUT2D eigenvalue weighted by molar-refractivity contribution is 9.11. The largest absolute Gasteiger partial charge is 0.432 e. The summed E-state index contributed by atoms with van der Waals surface area (Å²) in [4.78, 5) is 6.44. The Bertz CT molecular complexity index is 497. The molecule has 0 aromatic carbocycles. The first kappa shape index (κ1) is 13.6. The highest BCUT2D eigenvalue weighted by Gasteiger charge is 2.10. The number of oxazole rings is 1. The van der Waals surface area contributed by atoms with E-state index in [9.17, 15) is 0 Å². The number of aromatic nitrogens is 1. The zero-order valence-electron chi connectivity index (χ0n) is 10.4. The third-order valence-corrected chi connectivity index (χ3v) is 4.02. The second-order valence-electron chi connectivity index (χ2n) is 4.02. The van der Waals surface area contributed by atoms with Gasteiger partial charge in [0.05, 0.1) is 9.48 Å². The number of nitrogens with one attached hydrogen (secondary N) is 1. The highest BCUT2D eigenvalue weighted by Crippen LogP contribution is 2.23. The maximum atomic E-state index is 5.47. The van der Waals surface area contributed by atoms with Crippen molar-refractivity contribution in [2.24, 2.45) is 0 Å². The number of nitrogens with zero attached hydrogens (tertiary/aromatic N) is 2. The number of halogens is 1. The lowest BCUT2D eigenvalue weighted by Crippen LogP contribution is -2.17. The molecule has 0 aliphatic heterocycles. The molecule has 0 fully saturated rings. The lowest BCUT2D eigenvalue weighted by atomic mass is 10.3. The van der Waals surface area contributed by atoms with E-state index in [2.05, 4.69) is 44.6 Å². The van der Waals surface area contributed by atoms with E-state index in [4.69, 9.17) is 4.42 Å². The molecule has 0 saturated heterocycles. The number of hydrogen-bond donors (Lipinski definition) is 1. The van der Waals surface area contributed by atoms with Gasteiger partial charge in [0.25, 0.3) is 6.01 Å². The van der Waals surface area contributed by atoms with E-state index >= 15 is 0 Å². The van der Waals surface area contributed by atoms with Gasteiger partial charge in [-0.3, -0.25) is 0 Å². The zero-order valence-corrected chi connectivity index (χ0v) is 12.8. The van der Waals surface area contributed by atoms with Crippen LogP contribution in [0.25, 0.3) is 0 Å². The molecule has 2 rings (SSSR count). The summed E-state index contributed by atoms with van der Waals surface area (Å²) in [5.74, 6) is 0. The molecule has 2 aromatic rings. The van der Waals surface area contributed by atoms with Crippen molar-refractivity contribution in [3.05, 3.63) is 32.8 Å². The Balaban J connectivity index is 1.96. The van der Waals surface area contributed by atoms with Crippen LogP contribution in [-0.4, -0.2) is 18.6 Å². The van der Waals surface area contributed by atoms with E-state index in [1.807, 2.05) is 11.9 Å². The van der Waals surface area contributed by atoms with E-state index in [1.165, 1.54) is 5.56 Å². The third-order valence-electron chi connectivity index (χ3n) is 2.46. The molecule has 6 heteroatoms. The topological polar surface area (TPSA) is 41.3 Å². The van der Waals surface area contributed by atoms with Gasteiger partial charge in [0.2, 0.25) is 0 Å². The molecule has 2 aromatic heterocycles. The summed E-state index contributed by atoms with van der Waals surface area (Å²) >= 11 is 5.15. The van der Waals surface area contributed by atoms with Gasteiger partial charge < -0.3 is 14.6 Å². The van der Waals surface area contributed by atoms with Crippen molar-refractivity contribution >= 4 is 33.3 Å². The first-order valence-electron chi connectivity index (χ1n) is 5.78. The Morgan fingerprint density at radius 1 is 1.56 bits per heavy atom. The summed E-state index contributed by atoms with van der Waals surface area (Å²) in [6, 6.07) is 2.77. The van der Waals surface area contributed by atoms with Gasteiger partial charge in [-0.2, -0.15) is 4.98 Å². The molecule has 0 saturated carbocycles. The van der Waals surface area contributed by atoms with Crippen LogP contribution in [0.3, 0.4) is 0 Å². The maximum absolute atomic E-state index is 5.47. The van der Waals surface area contributed by atoms with Crippen molar-refractivity contribution in [1.82, 2.24) is 10.3 Å². The van der Waals surface area contributed by atoms with Gasteiger partial charge in [0.15, 0.2) is 0 Å². The molecule has 0 bridgehead atoms. The van der Waals surface area contributed by atoms with Crippen LogP contribution < -0.4 is 10.2 Å². The quantitative estimate of drug-likeness (QED) is 0.883. The Labute approximate surface area is 119 Å². The van der Waals surface area contributed by atoms with Crippen LogP contribution in [0.15, 0.2) is 25.9 Å². The minimum Gasteiger partial charge on any atom is -0.432 e. The van der Waals surface area contributed by atoms with Crippen LogP contribution in [0.4, 0.5) is 6.01 Å². The molecule has 18 heavy (non-hydrogen) atoms. The summed E-state index contributed by atoms with van der Waals surface area (Å²) in [5.41, 5.74) is 2.19. The predicted molar refractivity (Wildman–Crippen MR) is 78.0 cm³/mol. The Hall–Kier alpha value is -0.850. The van der Waals surface area contributed by atoms with Crippen LogP contribution in [-0.2, 0) is 13.1 Å². The molecule has 0 radical (unpaired) electrons. The molecule has 0 atom stereocenters. The Morgan fingerprint density at radius 3 is 3.06 bits per heavy atom. The maximum Gasteiger partial charge on any atom is 0.297 e. The van der Waals surface area contributed by atoms with Crippen molar-refractivity contribution < 1.29 is 4.42 Å². The van der Waals surface area contributed by atoms with Gasteiger partial charge in [0, 0.05) is 20.1 Å². The minimum atomic E-state index is 0.658. The first-order chi connectivity index (χ1) is 8.69. The second kappa shape index (κ2) is 6.36. The highest BCUT2D eigenvalue weighted by atomic mass is 79.9. The predicted octanol–water partition coefficient (Wildman–Crippen LogP) is 3.24. The van der Waals surface area contributed by atoms with Crippen LogP contribution >= 0.6 is 27.3 Å². The van der Waals surface area contributed by atoms with Crippen molar-refractivity contribution in [3.63, 3.8) is 0 Å². The molecule has 1 N–H and O–H groups in total. The molecular formula is C12H16BrN3OS. The molecule has 0 aliphatic carbocycles. The molecule has 0 unspecified atom stereocenters. The minimum absolute atomic E-state index is 0.658. The van der Waals surface area contributed by atoms with Crippen LogP contribution in [0.5, 0.6) is 0 Å². The van der Waals surface area contributed by atoms with Crippen molar-refractivity contribution in [3.8, 4) is 0 Å². The van der Waals surface area contributed by atoms with E-state index < -0.39 is 0 Å². The van der Waals surface area contributed by atoms with Crippen LogP contribution in [0, 0.1) is 0 Å². The van der Waals surface area contributed by atoms with Gasteiger partial charge in [-0.25, -0.2) is 0 Å². The summed E-state index contributed by atoms with van der Waals surface area (Å²) in [6.07, 6.45) is 1.71. The normalized spacial score (nSPS) is 10.8. The number of thiophene rings is 1. The number of anilines is 1. The van der Waals surface area contributed by atoms with E-state index in [0.29, 0.717) is 6.01 Å². The van der Waals surface area contributed by atoms with Gasteiger partial charge in [-0.15, -0.1) is 11.3 Å². The fourth-order valence-corrected chi connectivity index (χ4v) is 2.78. The van der Waals surface area contributed by atoms with E-state index in [0.717, 1.165) is 29.1 Å². The van der Waals surface area contributed by atoms with Crippen molar-refractivity contribution in [2.45, 2.75) is 20.0 Å². The fraction of sp³-hybridized carbons (Fsp3) is 0.417. The second-order valence-corrected chi connectivity index (χ2v) is 6.31. The molecule has 0 amide bonds. The van der Waals surface area contributed by atoms with Crippen LogP contribution in [0.1, 0.15) is 18.2 Å². The molecule has 98 valence electrons.